The van der Waals surface area contributed by atoms with Crippen LogP contribution in [0, 0.1) is 0 Å². The summed E-state index contributed by atoms with van der Waals surface area (Å²) in [4.78, 5) is 11.6. The number of nitrogens with one attached hydrogen (secondary N) is 2. The van der Waals surface area contributed by atoms with Gasteiger partial charge in [-0.15, -0.1) is 6.58 Å². The molecule has 1 atom stereocenters. The van der Waals surface area contributed by atoms with E-state index in [2.05, 4.69) is 17.2 Å². The highest BCUT2D eigenvalue weighted by atomic mass is 16.5. The largest absolute Gasteiger partial charge is 0.497 e. The first kappa shape index (κ1) is 14.3. The van der Waals surface area contributed by atoms with Crippen molar-refractivity contribution in [3.63, 3.8) is 0 Å². The lowest BCUT2D eigenvalue weighted by Gasteiger charge is -2.14. The number of carbonyl (C=O) groups is 1. The SMILES string of the molecule is C=CCNCC(=O)N[C@H](C)c1ccc(OC)cc1. The summed E-state index contributed by atoms with van der Waals surface area (Å²) in [5.41, 5.74) is 1.05. The molecule has 0 saturated carbocycles. The van der Waals surface area contributed by atoms with Crippen LogP contribution >= 0.6 is 0 Å². The molecule has 2 N–H and O–H groups in total. The first-order valence-corrected chi connectivity index (χ1v) is 5.92. The average Bonchev–Trinajstić information content (AvgIpc) is 2.39. The quantitative estimate of drug-likeness (QED) is 0.570. The number of rotatable bonds is 7. The van der Waals surface area contributed by atoms with E-state index >= 15 is 0 Å². The average molecular weight is 248 g/mol. The number of hydrogen-bond acceptors (Lipinski definition) is 3. The van der Waals surface area contributed by atoms with Gasteiger partial charge in [0.1, 0.15) is 5.75 Å². The van der Waals surface area contributed by atoms with E-state index < -0.39 is 0 Å². The van der Waals surface area contributed by atoms with Gasteiger partial charge in [0.2, 0.25) is 5.91 Å². The normalized spacial score (nSPS) is 11.7. The third-order valence-electron chi connectivity index (χ3n) is 2.57. The molecule has 0 saturated heterocycles. The Hall–Kier alpha value is -1.81. The van der Waals surface area contributed by atoms with Crippen LogP contribution in [-0.4, -0.2) is 26.1 Å². The molecule has 0 aliphatic carbocycles. The van der Waals surface area contributed by atoms with Crippen molar-refractivity contribution >= 4 is 5.91 Å². The molecular formula is C14H20N2O2. The summed E-state index contributed by atoms with van der Waals surface area (Å²) in [6, 6.07) is 7.64. The lowest BCUT2D eigenvalue weighted by molar-refractivity contribution is -0.120. The third-order valence-corrected chi connectivity index (χ3v) is 2.57. The van der Waals surface area contributed by atoms with E-state index in [1.807, 2.05) is 31.2 Å². The predicted octanol–water partition coefficient (Wildman–Crippen LogP) is 1.65. The van der Waals surface area contributed by atoms with Crippen molar-refractivity contribution in [1.82, 2.24) is 10.6 Å². The maximum Gasteiger partial charge on any atom is 0.234 e. The van der Waals surface area contributed by atoms with Crippen LogP contribution in [0.4, 0.5) is 0 Å². The van der Waals surface area contributed by atoms with E-state index in [-0.39, 0.29) is 11.9 Å². The zero-order chi connectivity index (χ0) is 13.4. The Morgan fingerprint density at radius 1 is 1.44 bits per heavy atom. The van der Waals surface area contributed by atoms with Crippen molar-refractivity contribution in [3.8, 4) is 5.75 Å². The molecule has 98 valence electrons. The maximum atomic E-state index is 11.6. The van der Waals surface area contributed by atoms with Gasteiger partial charge in [-0.1, -0.05) is 18.2 Å². The van der Waals surface area contributed by atoms with Gasteiger partial charge in [0.15, 0.2) is 0 Å². The monoisotopic (exact) mass is 248 g/mol. The Kier molecular flexibility index (Phi) is 5.94. The topological polar surface area (TPSA) is 50.4 Å². The van der Waals surface area contributed by atoms with Crippen molar-refractivity contribution in [3.05, 3.63) is 42.5 Å². The minimum atomic E-state index is -0.0276. The van der Waals surface area contributed by atoms with E-state index in [9.17, 15) is 4.79 Å². The van der Waals surface area contributed by atoms with Gasteiger partial charge in [-0.25, -0.2) is 0 Å². The van der Waals surface area contributed by atoms with E-state index in [1.165, 1.54) is 0 Å². The minimum Gasteiger partial charge on any atom is -0.497 e. The van der Waals surface area contributed by atoms with Gasteiger partial charge < -0.3 is 15.4 Å². The Morgan fingerprint density at radius 2 is 2.11 bits per heavy atom. The summed E-state index contributed by atoms with van der Waals surface area (Å²) in [6.45, 7) is 6.46. The molecule has 1 rings (SSSR count). The molecule has 4 heteroatoms. The zero-order valence-electron chi connectivity index (χ0n) is 10.9. The molecule has 0 aliphatic rings. The van der Waals surface area contributed by atoms with Gasteiger partial charge >= 0.3 is 0 Å². The number of methoxy groups -OCH3 is 1. The molecule has 0 aromatic heterocycles. The molecule has 18 heavy (non-hydrogen) atoms. The van der Waals surface area contributed by atoms with Gasteiger partial charge in [0.25, 0.3) is 0 Å². The molecule has 0 bridgehead atoms. The summed E-state index contributed by atoms with van der Waals surface area (Å²) < 4.78 is 5.09. The van der Waals surface area contributed by atoms with Crippen molar-refractivity contribution in [2.45, 2.75) is 13.0 Å². The van der Waals surface area contributed by atoms with Crippen LogP contribution in [0.3, 0.4) is 0 Å². The lowest BCUT2D eigenvalue weighted by Crippen LogP contribution is -2.35. The molecule has 0 spiro atoms. The van der Waals surface area contributed by atoms with Gasteiger partial charge in [-0.05, 0) is 24.6 Å². The van der Waals surface area contributed by atoms with Crippen LogP contribution in [-0.2, 0) is 4.79 Å². The molecule has 0 aliphatic heterocycles. The van der Waals surface area contributed by atoms with E-state index in [1.54, 1.807) is 13.2 Å². The summed E-state index contributed by atoms with van der Waals surface area (Å²) in [7, 11) is 1.63. The fourth-order valence-corrected chi connectivity index (χ4v) is 1.56. The van der Waals surface area contributed by atoms with Gasteiger partial charge in [0.05, 0.1) is 19.7 Å². The van der Waals surface area contributed by atoms with Crippen LogP contribution in [0.1, 0.15) is 18.5 Å². The lowest BCUT2D eigenvalue weighted by atomic mass is 10.1. The Balaban J connectivity index is 2.45. The van der Waals surface area contributed by atoms with Crippen molar-refractivity contribution in [2.24, 2.45) is 0 Å². The van der Waals surface area contributed by atoms with Crippen molar-refractivity contribution in [2.75, 3.05) is 20.2 Å². The van der Waals surface area contributed by atoms with Crippen LogP contribution in [0.25, 0.3) is 0 Å². The molecule has 1 amide bonds. The van der Waals surface area contributed by atoms with Crippen molar-refractivity contribution in [1.29, 1.82) is 0 Å². The van der Waals surface area contributed by atoms with E-state index in [4.69, 9.17) is 4.74 Å². The third kappa shape index (κ3) is 4.59. The standard InChI is InChI=1S/C14H20N2O2/c1-4-9-15-10-14(17)16-11(2)12-5-7-13(18-3)8-6-12/h4-8,11,15H,1,9-10H2,2-3H3,(H,16,17)/t11-/m1/s1. The summed E-state index contributed by atoms with van der Waals surface area (Å²) in [5.74, 6) is 0.782. The summed E-state index contributed by atoms with van der Waals surface area (Å²) in [6.07, 6.45) is 1.72. The number of carbonyl (C=O) groups excluding carboxylic acids is 1. The minimum absolute atomic E-state index is 0.0195. The molecule has 0 radical (unpaired) electrons. The fourth-order valence-electron chi connectivity index (χ4n) is 1.56. The van der Waals surface area contributed by atoms with E-state index in [0.29, 0.717) is 13.1 Å². The molecule has 0 heterocycles. The highest BCUT2D eigenvalue weighted by Crippen LogP contribution is 2.16. The van der Waals surface area contributed by atoms with Gasteiger partial charge in [-0.2, -0.15) is 0 Å². The number of ether oxygens (including phenoxy) is 1. The van der Waals surface area contributed by atoms with Crippen molar-refractivity contribution < 1.29 is 9.53 Å². The molecule has 0 unspecified atom stereocenters. The summed E-state index contributed by atoms with van der Waals surface area (Å²) >= 11 is 0. The first-order chi connectivity index (χ1) is 8.67. The van der Waals surface area contributed by atoms with Crippen LogP contribution in [0.5, 0.6) is 5.75 Å². The predicted molar refractivity (Wildman–Crippen MR) is 72.6 cm³/mol. The van der Waals surface area contributed by atoms with E-state index in [0.717, 1.165) is 11.3 Å². The smallest absolute Gasteiger partial charge is 0.234 e. The molecule has 4 nitrogen and oxygen atoms in total. The molecule has 1 aromatic rings. The maximum absolute atomic E-state index is 11.6. The Morgan fingerprint density at radius 3 is 2.67 bits per heavy atom. The molecule has 1 aromatic carbocycles. The second-order valence-electron chi connectivity index (χ2n) is 3.98. The van der Waals surface area contributed by atoms with Crippen LogP contribution < -0.4 is 15.4 Å². The van der Waals surface area contributed by atoms with Gasteiger partial charge in [-0.3, -0.25) is 4.79 Å². The summed E-state index contributed by atoms with van der Waals surface area (Å²) in [5, 5.41) is 5.88. The number of amides is 1. The zero-order valence-corrected chi connectivity index (χ0v) is 10.9. The van der Waals surface area contributed by atoms with Crippen LogP contribution in [0.15, 0.2) is 36.9 Å². The highest BCUT2D eigenvalue weighted by Gasteiger charge is 2.08. The Bertz CT molecular complexity index is 387. The Labute approximate surface area is 108 Å². The number of benzene rings is 1. The van der Waals surface area contributed by atoms with Gasteiger partial charge in [0, 0.05) is 6.54 Å². The highest BCUT2D eigenvalue weighted by molar-refractivity contribution is 5.78. The fraction of sp³-hybridized carbons (Fsp3) is 0.357. The number of hydrogen-bond donors (Lipinski definition) is 2. The molecule has 0 fully saturated rings. The second kappa shape index (κ2) is 7.50. The first-order valence-electron chi connectivity index (χ1n) is 5.92. The van der Waals surface area contributed by atoms with Crippen LogP contribution in [0.2, 0.25) is 0 Å². The molecular weight excluding hydrogens is 228 g/mol. The second-order valence-corrected chi connectivity index (χ2v) is 3.98.